The largest absolute Gasteiger partial charge is 0.365 e. The van der Waals surface area contributed by atoms with Crippen LogP contribution in [0.2, 0.25) is 0 Å². The van der Waals surface area contributed by atoms with Crippen molar-refractivity contribution in [1.29, 1.82) is 0 Å². The van der Waals surface area contributed by atoms with Gasteiger partial charge in [0.05, 0.1) is 5.92 Å². The Bertz CT molecular complexity index is 800. The van der Waals surface area contributed by atoms with E-state index < -0.39 is 5.91 Å². The molecule has 1 heterocycles. The molecule has 0 saturated heterocycles. The highest BCUT2D eigenvalue weighted by molar-refractivity contribution is 7.98. The van der Waals surface area contributed by atoms with Crippen molar-refractivity contribution >= 4 is 29.4 Å². The van der Waals surface area contributed by atoms with Gasteiger partial charge in [0, 0.05) is 7.05 Å². The smallest absolute Gasteiger partial charge is 0.255 e. The highest BCUT2D eigenvalue weighted by atomic mass is 32.2. The van der Waals surface area contributed by atoms with E-state index in [9.17, 15) is 9.59 Å². The summed E-state index contributed by atoms with van der Waals surface area (Å²) in [5.74, 6) is -0.574. The number of hydrogen-bond donors (Lipinski definition) is 2. The quantitative estimate of drug-likeness (QED) is 0.833. The van der Waals surface area contributed by atoms with Crippen LogP contribution in [0.25, 0.3) is 0 Å². The first kappa shape index (κ1) is 16.6. The van der Waals surface area contributed by atoms with Crippen LogP contribution in [-0.4, -0.2) is 27.9 Å². The number of aromatic nitrogens is 2. The van der Waals surface area contributed by atoms with Crippen molar-refractivity contribution in [3.05, 3.63) is 41.0 Å². The van der Waals surface area contributed by atoms with Crippen molar-refractivity contribution in [2.75, 3.05) is 11.6 Å². The molecule has 1 aliphatic carbocycles. The van der Waals surface area contributed by atoms with E-state index in [0.29, 0.717) is 10.8 Å². The molecule has 1 aromatic heterocycles. The number of aryl methyl sites for hydroxylation is 2. The van der Waals surface area contributed by atoms with Crippen LogP contribution in [0.3, 0.4) is 0 Å². The molecule has 0 saturated carbocycles. The summed E-state index contributed by atoms with van der Waals surface area (Å²) in [6.45, 7) is 0. The Kier molecular flexibility index (Phi) is 4.62. The van der Waals surface area contributed by atoms with Crippen molar-refractivity contribution < 1.29 is 9.59 Å². The Morgan fingerprint density at radius 1 is 1.38 bits per heavy atom. The number of carbonyl (C=O) groups is 2. The maximum absolute atomic E-state index is 12.8. The zero-order chi connectivity index (χ0) is 17.3. The van der Waals surface area contributed by atoms with Crippen LogP contribution in [0, 0.1) is 0 Å². The standard InChI is InChI=1S/C17H20N4O2S/c1-21-15(13(14(18)22)17(20-21)24-2)19-16(23)12-9-5-7-10-6-3-4-8-11(10)12/h3-4,6,8,12H,5,7,9H2,1-2H3,(H2,18,22)(H,19,23)/t12-/m0/s1. The third kappa shape index (κ3) is 2.91. The average molecular weight is 344 g/mol. The number of nitrogens with two attached hydrogens (primary N) is 1. The second kappa shape index (κ2) is 6.68. The topological polar surface area (TPSA) is 90.0 Å². The van der Waals surface area contributed by atoms with E-state index in [1.165, 1.54) is 22.0 Å². The molecule has 3 rings (SSSR count). The first-order chi connectivity index (χ1) is 11.5. The number of rotatable bonds is 4. The number of hydrogen-bond acceptors (Lipinski definition) is 4. The first-order valence-electron chi connectivity index (χ1n) is 7.82. The summed E-state index contributed by atoms with van der Waals surface area (Å²) in [4.78, 5) is 24.6. The lowest BCUT2D eigenvalue weighted by atomic mass is 9.82. The average Bonchev–Trinajstić information content (AvgIpc) is 2.90. The van der Waals surface area contributed by atoms with Gasteiger partial charge in [-0.05, 0) is 36.6 Å². The second-order valence-electron chi connectivity index (χ2n) is 5.85. The number of nitrogens with one attached hydrogen (secondary N) is 1. The zero-order valence-corrected chi connectivity index (χ0v) is 14.5. The molecule has 0 aliphatic heterocycles. The number of anilines is 1. The summed E-state index contributed by atoms with van der Waals surface area (Å²) >= 11 is 1.33. The van der Waals surface area contributed by atoms with Crippen LogP contribution in [0.5, 0.6) is 0 Å². The van der Waals surface area contributed by atoms with Crippen molar-refractivity contribution in [1.82, 2.24) is 9.78 Å². The van der Waals surface area contributed by atoms with Crippen molar-refractivity contribution in [3.8, 4) is 0 Å². The Morgan fingerprint density at radius 3 is 2.83 bits per heavy atom. The molecule has 2 aromatic rings. The Hall–Kier alpha value is -2.28. The van der Waals surface area contributed by atoms with Crippen LogP contribution in [0.15, 0.2) is 29.3 Å². The van der Waals surface area contributed by atoms with E-state index in [4.69, 9.17) is 5.73 Å². The van der Waals surface area contributed by atoms with Gasteiger partial charge in [0.15, 0.2) is 0 Å². The minimum atomic E-state index is -0.591. The fourth-order valence-electron chi connectivity index (χ4n) is 3.24. The monoisotopic (exact) mass is 344 g/mol. The predicted molar refractivity (Wildman–Crippen MR) is 94.3 cm³/mol. The van der Waals surface area contributed by atoms with E-state index in [0.717, 1.165) is 24.8 Å². The minimum Gasteiger partial charge on any atom is -0.365 e. The van der Waals surface area contributed by atoms with Gasteiger partial charge in [-0.15, -0.1) is 11.8 Å². The van der Waals surface area contributed by atoms with E-state index in [2.05, 4.69) is 16.5 Å². The summed E-state index contributed by atoms with van der Waals surface area (Å²) in [7, 11) is 1.69. The van der Waals surface area contributed by atoms with Gasteiger partial charge in [-0.1, -0.05) is 24.3 Å². The van der Waals surface area contributed by atoms with Gasteiger partial charge in [0.25, 0.3) is 5.91 Å². The van der Waals surface area contributed by atoms with Crippen LogP contribution < -0.4 is 11.1 Å². The van der Waals surface area contributed by atoms with Gasteiger partial charge >= 0.3 is 0 Å². The second-order valence-corrected chi connectivity index (χ2v) is 6.65. The molecule has 126 valence electrons. The lowest BCUT2D eigenvalue weighted by molar-refractivity contribution is -0.117. The number of fused-ring (bicyclic) bond motifs is 1. The molecule has 2 amide bonds. The summed E-state index contributed by atoms with van der Waals surface area (Å²) < 4.78 is 1.50. The third-order valence-electron chi connectivity index (χ3n) is 4.38. The van der Waals surface area contributed by atoms with E-state index in [-0.39, 0.29) is 17.4 Å². The molecule has 0 spiro atoms. The van der Waals surface area contributed by atoms with Crippen LogP contribution in [-0.2, 0) is 18.3 Å². The van der Waals surface area contributed by atoms with Crippen LogP contribution >= 0.6 is 11.8 Å². The normalized spacial score (nSPS) is 16.5. The molecule has 1 aliphatic rings. The first-order valence-corrected chi connectivity index (χ1v) is 9.04. The number of benzene rings is 1. The Morgan fingerprint density at radius 2 is 2.12 bits per heavy atom. The number of primary amides is 1. The molecule has 3 N–H and O–H groups in total. The molecule has 0 fully saturated rings. The Labute approximate surface area is 144 Å². The molecular formula is C17H20N4O2S. The highest BCUT2D eigenvalue weighted by Crippen LogP contribution is 2.33. The molecule has 7 heteroatoms. The fraction of sp³-hybridized carbons (Fsp3) is 0.353. The zero-order valence-electron chi connectivity index (χ0n) is 13.7. The molecule has 0 unspecified atom stereocenters. The Balaban J connectivity index is 1.92. The van der Waals surface area contributed by atoms with E-state index in [1.807, 2.05) is 24.5 Å². The summed E-state index contributed by atoms with van der Waals surface area (Å²) in [6.07, 6.45) is 4.58. The molecular weight excluding hydrogens is 324 g/mol. The number of thioether (sulfide) groups is 1. The molecule has 6 nitrogen and oxygen atoms in total. The summed E-state index contributed by atoms with van der Waals surface area (Å²) in [5.41, 5.74) is 8.02. The van der Waals surface area contributed by atoms with Crippen molar-refractivity contribution in [3.63, 3.8) is 0 Å². The summed E-state index contributed by atoms with van der Waals surface area (Å²) in [5, 5.41) is 7.65. The minimum absolute atomic E-state index is 0.125. The molecule has 1 aromatic carbocycles. The van der Waals surface area contributed by atoms with Crippen molar-refractivity contribution in [2.24, 2.45) is 12.8 Å². The molecule has 24 heavy (non-hydrogen) atoms. The summed E-state index contributed by atoms with van der Waals surface area (Å²) in [6, 6.07) is 8.02. The predicted octanol–water partition coefficient (Wildman–Crippen LogP) is 2.30. The van der Waals surface area contributed by atoms with Gasteiger partial charge in [-0.25, -0.2) is 0 Å². The molecule has 0 bridgehead atoms. The van der Waals surface area contributed by atoms with Crippen molar-refractivity contribution in [2.45, 2.75) is 30.2 Å². The number of carbonyl (C=O) groups excluding carboxylic acids is 2. The highest BCUT2D eigenvalue weighted by Gasteiger charge is 2.29. The maximum atomic E-state index is 12.8. The van der Waals surface area contributed by atoms with Gasteiger partial charge in [0.2, 0.25) is 5.91 Å². The maximum Gasteiger partial charge on any atom is 0.255 e. The lowest BCUT2D eigenvalue weighted by Gasteiger charge is -2.24. The van der Waals surface area contributed by atoms with E-state index >= 15 is 0 Å². The van der Waals surface area contributed by atoms with Gasteiger partial charge < -0.3 is 11.1 Å². The van der Waals surface area contributed by atoms with Crippen LogP contribution in [0.1, 0.15) is 40.2 Å². The fourth-order valence-corrected chi connectivity index (χ4v) is 3.84. The number of amides is 2. The van der Waals surface area contributed by atoms with Crippen LogP contribution in [0.4, 0.5) is 5.82 Å². The van der Waals surface area contributed by atoms with Gasteiger partial charge in [-0.3, -0.25) is 14.3 Å². The van der Waals surface area contributed by atoms with Gasteiger partial charge in [-0.2, -0.15) is 5.10 Å². The van der Waals surface area contributed by atoms with E-state index in [1.54, 1.807) is 7.05 Å². The molecule has 1 atom stereocenters. The number of nitrogens with zero attached hydrogens (tertiary/aromatic N) is 2. The van der Waals surface area contributed by atoms with Gasteiger partial charge in [0.1, 0.15) is 16.4 Å². The third-order valence-corrected chi connectivity index (χ3v) is 5.05. The molecule has 0 radical (unpaired) electrons. The SMILES string of the molecule is CSc1nn(C)c(NC(=O)[C@H]2CCCc3ccccc32)c1C(N)=O. The lowest BCUT2D eigenvalue weighted by Crippen LogP contribution is -2.27.